The van der Waals surface area contributed by atoms with E-state index in [0.717, 1.165) is 28.9 Å². The third-order valence-electron chi connectivity index (χ3n) is 5.35. The summed E-state index contributed by atoms with van der Waals surface area (Å²) in [6.45, 7) is 0.851. The Labute approximate surface area is 176 Å². The molecule has 0 aromatic heterocycles. The zero-order valence-corrected chi connectivity index (χ0v) is 16.9. The lowest BCUT2D eigenvalue weighted by atomic mass is 10.0. The van der Waals surface area contributed by atoms with E-state index in [0.29, 0.717) is 18.7 Å². The smallest absolute Gasteiger partial charge is 0.255 e. The van der Waals surface area contributed by atoms with Gasteiger partial charge in [0, 0.05) is 18.7 Å². The van der Waals surface area contributed by atoms with E-state index in [9.17, 15) is 9.59 Å². The Bertz CT molecular complexity index is 1050. The van der Waals surface area contributed by atoms with Crippen LogP contribution in [0.3, 0.4) is 0 Å². The Morgan fingerprint density at radius 1 is 0.967 bits per heavy atom. The first kappa shape index (κ1) is 19.7. The zero-order chi connectivity index (χ0) is 20.9. The van der Waals surface area contributed by atoms with E-state index in [4.69, 9.17) is 4.74 Å². The maximum Gasteiger partial charge on any atom is 0.255 e. The molecule has 0 radical (unpaired) electrons. The number of carbonyl (C=O) groups is 2. The molecule has 0 saturated heterocycles. The van der Waals surface area contributed by atoms with E-state index in [1.807, 2.05) is 72.8 Å². The van der Waals surface area contributed by atoms with Gasteiger partial charge in [-0.05, 0) is 41.3 Å². The number of ether oxygens (including phenoxy) is 1. The monoisotopic (exact) mass is 400 g/mol. The molecule has 0 bridgehead atoms. The molecular formula is C25H24N2O3. The second-order valence-corrected chi connectivity index (χ2v) is 7.30. The van der Waals surface area contributed by atoms with Crippen LogP contribution in [0.4, 0.5) is 0 Å². The Morgan fingerprint density at radius 2 is 1.70 bits per heavy atom. The summed E-state index contributed by atoms with van der Waals surface area (Å²) < 4.78 is 5.29. The number of hydrogen-bond donors (Lipinski definition) is 1. The van der Waals surface area contributed by atoms with E-state index >= 15 is 0 Å². The Morgan fingerprint density at radius 3 is 2.50 bits per heavy atom. The number of fused-ring (bicyclic) bond motifs is 1. The first-order valence-corrected chi connectivity index (χ1v) is 10.0. The van der Waals surface area contributed by atoms with Crippen molar-refractivity contribution in [1.82, 2.24) is 10.2 Å². The van der Waals surface area contributed by atoms with Crippen LogP contribution >= 0.6 is 0 Å². The molecule has 0 unspecified atom stereocenters. The van der Waals surface area contributed by atoms with Crippen LogP contribution in [0, 0.1) is 0 Å². The molecule has 1 atom stereocenters. The quantitative estimate of drug-likeness (QED) is 0.657. The summed E-state index contributed by atoms with van der Waals surface area (Å²) in [6, 6.07) is 24.3. The number of methoxy groups -OCH3 is 1. The SMILES string of the molecule is COc1cccc(CN2C(=O)c3ccccc3[C@H]2C(=O)NCCc2ccccc2)c1. The molecule has 5 heteroatoms. The number of benzene rings is 3. The second-order valence-electron chi connectivity index (χ2n) is 7.30. The van der Waals surface area contributed by atoms with Gasteiger partial charge in [-0.3, -0.25) is 9.59 Å². The zero-order valence-electron chi connectivity index (χ0n) is 16.9. The number of hydrogen-bond acceptors (Lipinski definition) is 3. The molecule has 1 N–H and O–H groups in total. The molecule has 4 rings (SSSR count). The van der Waals surface area contributed by atoms with Crippen LogP contribution in [0.25, 0.3) is 0 Å². The van der Waals surface area contributed by atoms with Crippen LogP contribution in [0.1, 0.15) is 33.1 Å². The van der Waals surface area contributed by atoms with Gasteiger partial charge in [0.25, 0.3) is 5.91 Å². The van der Waals surface area contributed by atoms with Gasteiger partial charge in [0.1, 0.15) is 11.8 Å². The van der Waals surface area contributed by atoms with Crippen molar-refractivity contribution in [3.63, 3.8) is 0 Å². The number of amides is 2. The Balaban J connectivity index is 1.53. The summed E-state index contributed by atoms with van der Waals surface area (Å²) in [5.41, 5.74) is 3.41. The molecule has 3 aromatic rings. The third kappa shape index (κ3) is 4.06. The van der Waals surface area contributed by atoms with Crippen LogP contribution in [0.5, 0.6) is 5.75 Å². The molecule has 1 aliphatic rings. The molecule has 1 aliphatic heterocycles. The number of nitrogens with one attached hydrogen (secondary N) is 1. The standard InChI is InChI=1S/C25H24N2O3/c1-30-20-11-7-10-19(16-20)17-27-23(21-12-5-6-13-22(21)25(27)29)24(28)26-15-14-18-8-3-2-4-9-18/h2-13,16,23H,14-15,17H2,1H3,(H,26,28)/t23-/m0/s1. The van der Waals surface area contributed by atoms with Gasteiger partial charge in [-0.1, -0.05) is 60.7 Å². The largest absolute Gasteiger partial charge is 0.497 e. The van der Waals surface area contributed by atoms with Gasteiger partial charge in [0.05, 0.1) is 7.11 Å². The number of rotatable bonds is 7. The molecule has 5 nitrogen and oxygen atoms in total. The average Bonchev–Trinajstić information content (AvgIpc) is 3.06. The predicted molar refractivity (Wildman–Crippen MR) is 115 cm³/mol. The second kappa shape index (κ2) is 8.82. The molecule has 0 aliphatic carbocycles. The maximum absolute atomic E-state index is 13.1. The lowest BCUT2D eigenvalue weighted by molar-refractivity contribution is -0.125. The lowest BCUT2D eigenvalue weighted by Crippen LogP contribution is -2.39. The van der Waals surface area contributed by atoms with Crippen LogP contribution in [-0.4, -0.2) is 30.4 Å². The minimum Gasteiger partial charge on any atom is -0.497 e. The first-order valence-electron chi connectivity index (χ1n) is 10.0. The molecule has 0 saturated carbocycles. The lowest BCUT2D eigenvalue weighted by Gasteiger charge is -2.25. The van der Waals surface area contributed by atoms with E-state index < -0.39 is 6.04 Å². The van der Waals surface area contributed by atoms with Crippen LogP contribution in [-0.2, 0) is 17.8 Å². The minimum absolute atomic E-state index is 0.128. The van der Waals surface area contributed by atoms with Crippen molar-refractivity contribution in [2.24, 2.45) is 0 Å². The van der Waals surface area contributed by atoms with Crippen molar-refractivity contribution in [1.29, 1.82) is 0 Å². The van der Waals surface area contributed by atoms with Gasteiger partial charge >= 0.3 is 0 Å². The average molecular weight is 400 g/mol. The molecule has 152 valence electrons. The van der Waals surface area contributed by atoms with Crippen LogP contribution in [0.15, 0.2) is 78.9 Å². The highest BCUT2D eigenvalue weighted by molar-refractivity contribution is 6.04. The summed E-state index contributed by atoms with van der Waals surface area (Å²) in [7, 11) is 1.61. The summed E-state index contributed by atoms with van der Waals surface area (Å²) in [5.74, 6) is 0.435. The fourth-order valence-electron chi connectivity index (χ4n) is 3.85. The third-order valence-corrected chi connectivity index (χ3v) is 5.35. The molecule has 0 fully saturated rings. The Kier molecular flexibility index (Phi) is 5.80. The highest BCUT2D eigenvalue weighted by Gasteiger charge is 2.40. The van der Waals surface area contributed by atoms with E-state index in [1.165, 1.54) is 0 Å². The fraction of sp³-hybridized carbons (Fsp3) is 0.200. The first-order chi connectivity index (χ1) is 14.7. The van der Waals surface area contributed by atoms with Crippen molar-refractivity contribution in [2.45, 2.75) is 19.0 Å². The van der Waals surface area contributed by atoms with Gasteiger partial charge in [0.2, 0.25) is 5.91 Å². The molecular weight excluding hydrogens is 376 g/mol. The van der Waals surface area contributed by atoms with Crippen LogP contribution < -0.4 is 10.1 Å². The van der Waals surface area contributed by atoms with Crippen molar-refractivity contribution in [2.75, 3.05) is 13.7 Å². The fourth-order valence-corrected chi connectivity index (χ4v) is 3.85. The predicted octanol–water partition coefficient (Wildman–Crippen LogP) is 3.75. The molecule has 0 spiro atoms. The topological polar surface area (TPSA) is 58.6 Å². The van der Waals surface area contributed by atoms with Crippen LogP contribution in [0.2, 0.25) is 0 Å². The summed E-state index contributed by atoms with van der Waals surface area (Å²) in [5, 5.41) is 3.02. The van der Waals surface area contributed by atoms with Gasteiger partial charge < -0.3 is 15.0 Å². The summed E-state index contributed by atoms with van der Waals surface area (Å²) in [6.07, 6.45) is 0.741. The number of nitrogens with zero attached hydrogens (tertiary/aromatic N) is 1. The van der Waals surface area contributed by atoms with E-state index in [1.54, 1.807) is 18.1 Å². The van der Waals surface area contributed by atoms with Gasteiger partial charge in [-0.25, -0.2) is 0 Å². The number of carbonyl (C=O) groups excluding carboxylic acids is 2. The molecule has 1 heterocycles. The van der Waals surface area contributed by atoms with Crippen molar-refractivity contribution in [3.05, 3.63) is 101 Å². The van der Waals surface area contributed by atoms with Crippen molar-refractivity contribution in [3.8, 4) is 5.75 Å². The highest BCUT2D eigenvalue weighted by atomic mass is 16.5. The highest BCUT2D eigenvalue weighted by Crippen LogP contribution is 2.35. The van der Waals surface area contributed by atoms with E-state index in [2.05, 4.69) is 5.32 Å². The summed E-state index contributed by atoms with van der Waals surface area (Å²) in [4.78, 5) is 27.9. The normalized spacial score (nSPS) is 15.0. The molecule has 3 aromatic carbocycles. The van der Waals surface area contributed by atoms with Gasteiger partial charge in [-0.2, -0.15) is 0 Å². The van der Waals surface area contributed by atoms with Gasteiger partial charge in [0.15, 0.2) is 0 Å². The minimum atomic E-state index is -0.643. The van der Waals surface area contributed by atoms with E-state index in [-0.39, 0.29) is 11.8 Å². The Hall–Kier alpha value is -3.60. The molecule has 30 heavy (non-hydrogen) atoms. The van der Waals surface area contributed by atoms with Gasteiger partial charge in [-0.15, -0.1) is 0 Å². The summed E-state index contributed by atoms with van der Waals surface area (Å²) >= 11 is 0. The maximum atomic E-state index is 13.1. The molecule has 2 amide bonds. The van der Waals surface area contributed by atoms with Crippen molar-refractivity contribution < 1.29 is 14.3 Å². The van der Waals surface area contributed by atoms with Crippen molar-refractivity contribution >= 4 is 11.8 Å².